The highest BCUT2D eigenvalue weighted by molar-refractivity contribution is 6.28. The lowest BCUT2D eigenvalue weighted by atomic mass is 10.4. The summed E-state index contributed by atoms with van der Waals surface area (Å²) in [5, 5.41) is 3.32. The van der Waals surface area contributed by atoms with E-state index in [1.165, 1.54) is 5.57 Å². The predicted molar refractivity (Wildman–Crippen MR) is 76.0 cm³/mol. The van der Waals surface area contributed by atoms with Crippen LogP contribution in [0.15, 0.2) is 11.8 Å². The molecule has 0 amide bonds. The maximum atomic E-state index is 5.92. The van der Waals surface area contributed by atoms with Crippen LogP contribution in [-0.4, -0.2) is 27.5 Å². The SMILES string of the molecule is CCN(C=C(C)C)c1nc(Cl)nc(NC(C)C)n1. The highest BCUT2D eigenvalue weighted by atomic mass is 35.5. The molecule has 0 fully saturated rings. The molecule has 0 saturated carbocycles. The molecule has 0 radical (unpaired) electrons. The summed E-state index contributed by atoms with van der Waals surface area (Å²) in [6, 6.07) is 0.245. The third-order valence-corrected chi connectivity index (χ3v) is 2.19. The Kier molecular flexibility index (Phi) is 5.34. The first-order chi connectivity index (χ1) is 8.42. The van der Waals surface area contributed by atoms with Gasteiger partial charge in [0.05, 0.1) is 0 Å². The van der Waals surface area contributed by atoms with Gasteiger partial charge in [-0.05, 0) is 46.2 Å². The Balaban J connectivity index is 3.07. The molecule has 1 rings (SSSR count). The summed E-state index contributed by atoms with van der Waals surface area (Å²) in [4.78, 5) is 14.5. The maximum Gasteiger partial charge on any atom is 0.235 e. The second kappa shape index (κ2) is 6.54. The van der Waals surface area contributed by atoms with E-state index in [4.69, 9.17) is 11.6 Å². The van der Waals surface area contributed by atoms with Crippen LogP contribution in [0.25, 0.3) is 0 Å². The summed E-state index contributed by atoms with van der Waals surface area (Å²) in [5.74, 6) is 1.06. The Morgan fingerprint density at radius 3 is 2.50 bits per heavy atom. The lowest BCUT2D eigenvalue weighted by molar-refractivity contribution is 0.852. The topological polar surface area (TPSA) is 53.9 Å². The number of rotatable bonds is 5. The van der Waals surface area contributed by atoms with Crippen molar-refractivity contribution in [2.75, 3.05) is 16.8 Å². The predicted octanol–water partition coefficient (Wildman–Crippen LogP) is 3.10. The lowest BCUT2D eigenvalue weighted by Gasteiger charge is -2.18. The quantitative estimate of drug-likeness (QED) is 0.890. The van der Waals surface area contributed by atoms with E-state index in [1.54, 1.807) is 0 Å². The molecule has 1 heterocycles. The molecular weight excluding hydrogens is 250 g/mol. The monoisotopic (exact) mass is 269 g/mol. The maximum absolute atomic E-state index is 5.92. The standard InChI is InChI=1S/C12H20ClN5/c1-6-18(7-8(2)3)12-16-10(13)15-11(17-12)14-9(4)5/h7,9H,6H2,1-5H3,(H,14,15,16,17). The van der Waals surface area contributed by atoms with E-state index in [9.17, 15) is 0 Å². The summed E-state index contributed by atoms with van der Waals surface area (Å²) >= 11 is 5.92. The van der Waals surface area contributed by atoms with Gasteiger partial charge in [0.25, 0.3) is 0 Å². The summed E-state index contributed by atoms with van der Waals surface area (Å²) in [7, 11) is 0. The van der Waals surface area contributed by atoms with Crippen LogP contribution in [0.1, 0.15) is 34.6 Å². The van der Waals surface area contributed by atoms with Gasteiger partial charge in [0.15, 0.2) is 0 Å². The number of hydrogen-bond acceptors (Lipinski definition) is 5. The average Bonchev–Trinajstić information content (AvgIpc) is 2.23. The Hall–Kier alpha value is -1.36. The van der Waals surface area contributed by atoms with Crippen LogP contribution in [0.2, 0.25) is 5.28 Å². The minimum Gasteiger partial charge on any atom is -0.352 e. The van der Waals surface area contributed by atoms with E-state index >= 15 is 0 Å². The molecule has 0 aliphatic carbocycles. The molecule has 100 valence electrons. The van der Waals surface area contributed by atoms with Crippen molar-refractivity contribution in [1.82, 2.24) is 15.0 Å². The molecule has 0 aliphatic rings. The van der Waals surface area contributed by atoms with Crippen molar-refractivity contribution in [3.63, 3.8) is 0 Å². The van der Waals surface area contributed by atoms with Gasteiger partial charge in [-0.3, -0.25) is 0 Å². The van der Waals surface area contributed by atoms with Gasteiger partial charge in [-0.1, -0.05) is 5.57 Å². The van der Waals surface area contributed by atoms with Crippen LogP contribution >= 0.6 is 11.6 Å². The zero-order valence-electron chi connectivity index (χ0n) is 11.5. The molecule has 0 saturated heterocycles. The van der Waals surface area contributed by atoms with E-state index in [0.29, 0.717) is 11.9 Å². The molecule has 1 aromatic heterocycles. The van der Waals surface area contributed by atoms with E-state index in [0.717, 1.165) is 6.54 Å². The van der Waals surface area contributed by atoms with Crippen LogP contribution in [0.5, 0.6) is 0 Å². The largest absolute Gasteiger partial charge is 0.352 e. The number of halogens is 1. The second-order valence-corrected chi connectivity index (χ2v) is 4.86. The second-order valence-electron chi connectivity index (χ2n) is 4.52. The zero-order chi connectivity index (χ0) is 13.7. The van der Waals surface area contributed by atoms with Crippen molar-refractivity contribution >= 4 is 23.5 Å². The number of allylic oxidation sites excluding steroid dienone is 1. The summed E-state index contributed by atoms with van der Waals surface area (Å²) in [6.45, 7) is 10.9. The normalized spacial score (nSPS) is 10.4. The van der Waals surface area contributed by atoms with Crippen LogP contribution in [0.3, 0.4) is 0 Å². The van der Waals surface area contributed by atoms with E-state index in [1.807, 2.05) is 45.7 Å². The Morgan fingerprint density at radius 1 is 1.33 bits per heavy atom. The lowest BCUT2D eigenvalue weighted by Crippen LogP contribution is -2.21. The zero-order valence-corrected chi connectivity index (χ0v) is 12.3. The van der Waals surface area contributed by atoms with Gasteiger partial charge in [0, 0.05) is 18.8 Å². The number of nitrogens with zero attached hydrogens (tertiary/aromatic N) is 4. The van der Waals surface area contributed by atoms with Gasteiger partial charge >= 0.3 is 0 Å². The molecule has 1 N–H and O–H groups in total. The Labute approximate surface area is 113 Å². The van der Waals surface area contributed by atoms with E-state index < -0.39 is 0 Å². The van der Waals surface area contributed by atoms with E-state index in [-0.39, 0.29) is 11.3 Å². The first-order valence-corrected chi connectivity index (χ1v) is 6.40. The molecule has 0 unspecified atom stereocenters. The fraction of sp³-hybridized carbons (Fsp3) is 0.583. The van der Waals surface area contributed by atoms with Crippen LogP contribution in [0, 0.1) is 0 Å². The average molecular weight is 270 g/mol. The first-order valence-electron chi connectivity index (χ1n) is 6.02. The van der Waals surface area contributed by atoms with Crippen LogP contribution in [0.4, 0.5) is 11.9 Å². The van der Waals surface area contributed by atoms with Gasteiger partial charge in [0.1, 0.15) is 0 Å². The molecule has 18 heavy (non-hydrogen) atoms. The van der Waals surface area contributed by atoms with Gasteiger partial charge in [-0.25, -0.2) is 0 Å². The summed E-state index contributed by atoms with van der Waals surface area (Å²) in [6.07, 6.45) is 1.99. The number of nitrogens with one attached hydrogen (secondary N) is 1. The van der Waals surface area contributed by atoms with Crippen molar-refractivity contribution in [2.45, 2.75) is 40.7 Å². The van der Waals surface area contributed by atoms with Crippen molar-refractivity contribution < 1.29 is 0 Å². The molecule has 0 spiro atoms. The van der Waals surface area contributed by atoms with Gasteiger partial charge in [0.2, 0.25) is 17.2 Å². The molecule has 0 aromatic carbocycles. The molecule has 0 atom stereocenters. The van der Waals surface area contributed by atoms with Crippen molar-refractivity contribution in [3.8, 4) is 0 Å². The first kappa shape index (κ1) is 14.7. The smallest absolute Gasteiger partial charge is 0.235 e. The highest BCUT2D eigenvalue weighted by Gasteiger charge is 2.10. The van der Waals surface area contributed by atoms with Crippen molar-refractivity contribution in [1.29, 1.82) is 0 Å². The van der Waals surface area contributed by atoms with Crippen molar-refractivity contribution in [2.24, 2.45) is 0 Å². The third kappa shape index (κ3) is 4.49. The molecule has 6 heteroatoms. The fourth-order valence-corrected chi connectivity index (χ4v) is 1.55. The molecule has 1 aromatic rings. The fourth-order valence-electron chi connectivity index (χ4n) is 1.39. The number of hydrogen-bond donors (Lipinski definition) is 1. The Bertz CT molecular complexity index is 426. The summed E-state index contributed by atoms with van der Waals surface area (Å²) in [5.41, 5.74) is 1.17. The Morgan fingerprint density at radius 2 is 2.00 bits per heavy atom. The number of aromatic nitrogens is 3. The van der Waals surface area contributed by atoms with Gasteiger partial charge in [-0.2, -0.15) is 15.0 Å². The van der Waals surface area contributed by atoms with Crippen LogP contribution < -0.4 is 10.2 Å². The van der Waals surface area contributed by atoms with Gasteiger partial charge in [-0.15, -0.1) is 0 Å². The summed E-state index contributed by atoms with van der Waals surface area (Å²) < 4.78 is 0. The molecule has 5 nitrogen and oxygen atoms in total. The molecule has 0 aliphatic heterocycles. The van der Waals surface area contributed by atoms with Crippen molar-refractivity contribution in [3.05, 3.63) is 17.1 Å². The molecular formula is C12H20ClN5. The van der Waals surface area contributed by atoms with E-state index in [2.05, 4.69) is 20.3 Å². The van der Waals surface area contributed by atoms with Crippen LogP contribution in [-0.2, 0) is 0 Å². The minimum absolute atomic E-state index is 0.198. The van der Waals surface area contributed by atoms with Gasteiger partial charge < -0.3 is 10.2 Å². The highest BCUT2D eigenvalue weighted by Crippen LogP contribution is 2.15. The minimum atomic E-state index is 0.198. The number of anilines is 2. The molecule has 0 bridgehead atoms. The third-order valence-electron chi connectivity index (χ3n) is 2.03.